The summed E-state index contributed by atoms with van der Waals surface area (Å²) in [4.78, 5) is 24.2. The number of amides is 2. The van der Waals surface area contributed by atoms with E-state index in [2.05, 4.69) is 19.2 Å². The molecule has 2 unspecified atom stereocenters. The Morgan fingerprint density at radius 1 is 1.29 bits per heavy atom. The molecule has 0 aromatic carbocycles. The molecule has 9 heteroatoms. The van der Waals surface area contributed by atoms with E-state index in [1.807, 2.05) is 0 Å². The first-order chi connectivity index (χ1) is 14.2. The number of hydrogen-bond donors (Lipinski definition) is 4. The molecule has 2 aliphatic rings. The molecule has 2 amide bonds. The minimum absolute atomic E-state index is 0.370. The van der Waals surface area contributed by atoms with Gasteiger partial charge in [-0.1, -0.05) is 26.7 Å². The molecule has 31 heavy (non-hydrogen) atoms. The van der Waals surface area contributed by atoms with Crippen molar-refractivity contribution in [1.29, 1.82) is 0 Å². The van der Waals surface area contributed by atoms with E-state index in [4.69, 9.17) is 19.9 Å². The van der Waals surface area contributed by atoms with Crippen molar-refractivity contribution in [2.75, 3.05) is 13.7 Å². The smallest absolute Gasteiger partial charge is 0.408 e. The number of epoxide rings is 1. The molecule has 5 N–H and O–H groups in total. The van der Waals surface area contributed by atoms with Crippen LogP contribution in [0.2, 0.25) is 0 Å². The summed E-state index contributed by atoms with van der Waals surface area (Å²) in [6, 6.07) is -1.31. The fourth-order valence-electron chi connectivity index (χ4n) is 4.88. The zero-order valence-corrected chi connectivity index (χ0v) is 19.6. The van der Waals surface area contributed by atoms with Crippen molar-refractivity contribution in [3.63, 3.8) is 0 Å². The summed E-state index contributed by atoms with van der Waals surface area (Å²) in [6.07, 6.45) is 1.48. The van der Waals surface area contributed by atoms with Crippen molar-refractivity contribution >= 4 is 12.0 Å². The molecule has 1 saturated heterocycles. The minimum Gasteiger partial charge on any atom is -0.443 e. The predicted octanol–water partition coefficient (Wildman–Crippen LogP) is 1.48. The van der Waals surface area contributed by atoms with Gasteiger partial charge in [0, 0.05) is 13.0 Å². The maximum atomic E-state index is 12.5. The first-order valence-electron chi connectivity index (χ1n) is 11.1. The fourth-order valence-corrected chi connectivity index (χ4v) is 4.88. The zero-order chi connectivity index (χ0) is 23.6. The summed E-state index contributed by atoms with van der Waals surface area (Å²) in [5.41, 5.74) is 2.22. The van der Waals surface area contributed by atoms with Gasteiger partial charge in [0.1, 0.15) is 18.2 Å². The highest BCUT2D eigenvalue weighted by atomic mass is 16.6. The van der Waals surface area contributed by atoms with Crippen molar-refractivity contribution in [2.24, 2.45) is 17.6 Å². The second kappa shape index (κ2) is 9.60. The topological polar surface area (TPSA) is 144 Å². The molecule has 180 valence electrons. The van der Waals surface area contributed by atoms with Gasteiger partial charge >= 0.3 is 6.09 Å². The Bertz CT molecular complexity index is 640. The lowest BCUT2D eigenvalue weighted by Crippen LogP contribution is -2.60. The average Bonchev–Trinajstić information content (AvgIpc) is 3.38. The number of nitrogens with one attached hydrogen (secondary N) is 1. The average molecular weight is 445 g/mol. The lowest BCUT2D eigenvalue weighted by Gasteiger charge is -2.47. The molecule has 1 aliphatic heterocycles. The SMILES string of the molecule is CO[C@H]1C(C(C)(O)CCCC(C)C)[C@]2(CC[C@H]1OC(=O)N[C@@H](C(N)=O)C(C)(C)O)CO2. The van der Waals surface area contributed by atoms with Crippen molar-refractivity contribution in [3.05, 3.63) is 0 Å². The second-order valence-electron chi connectivity index (χ2n) is 10.3. The first-order valence-corrected chi connectivity index (χ1v) is 11.1. The zero-order valence-electron chi connectivity index (χ0n) is 19.6. The molecule has 9 nitrogen and oxygen atoms in total. The lowest BCUT2D eigenvalue weighted by atomic mass is 9.66. The van der Waals surface area contributed by atoms with Crippen molar-refractivity contribution in [1.82, 2.24) is 5.32 Å². The van der Waals surface area contributed by atoms with Crippen LogP contribution >= 0.6 is 0 Å². The molecule has 1 aliphatic carbocycles. The number of hydrogen-bond acceptors (Lipinski definition) is 7. The highest BCUT2D eigenvalue weighted by molar-refractivity contribution is 5.85. The van der Waals surface area contributed by atoms with Crippen LogP contribution in [-0.2, 0) is 19.0 Å². The molecular formula is C22H40N2O7. The molecule has 1 saturated carbocycles. The number of nitrogens with two attached hydrogens (primary N) is 1. The van der Waals surface area contributed by atoms with Gasteiger partial charge in [-0.05, 0) is 46.0 Å². The van der Waals surface area contributed by atoms with Crippen LogP contribution in [0.3, 0.4) is 0 Å². The van der Waals surface area contributed by atoms with Crippen LogP contribution in [0.15, 0.2) is 0 Å². The first kappa shape index (κ1) is 25.8. The van der Waals surface area contributed by atoms with Crippen LogP contribution in [0.5, 0.6) is 0 Å². The van der Waals surface area contributed by atoms with E-state index in [0.717, 1.165) is 12.8 Å². The van der Waals surface area contributed by atoms with Crippen molar-refractivity contribution in [2.45, 2.75) is 102 Å². The molecule has 1 spiro atoms. The van der Waals surface area contributed by atoms with Gasteiger partial charge in [0.05, 0.1) is 23.4 Å². The summed E-state index contributed by atoms with van der Waals surface area (Å²) >= 11 is 0. The predicted molar refractivity (Wildman–Crippen MR) is 114 cm³/mol. The number of carbonyl (C=O) groups is 2. The van der Waals surface area contributed by atoms with Crippen LogP contribution in [0, 0.1) is 11.8 Å². The number of methoxy groups -OCH3 is 1. The van der Waals surface area contributed by atoms with E-state index in [-0.39, 0.29) is 5.92 Å². The van der Waals surface area contributed by atoms with E-state index in [1.165, 1.54) is 21.0 Å². The second-order valence-corrected chi connectivity index (χ2v) is 10.3. The van der Waals surface area contributed by atoms with Gasteiger partial charge in [-0.25, -0.2) is 4.79 Å². The Balaban J connectivity index is 2.13. The Kier molecular flexibility index (Phi) is 8.00. The molecule has 1 heterocycles. The molecule has 2 fully saturated rings. The standard InChI is InChI=1S/C22H40N2O7/c1-13(2)8-7-10-21(5,28)16-15(29-6)14(9-11-22(16)12-30-22)31-19(26)24-17(18(23)25)20(3,4)27/h13-17,27-28H,7-12H2,1-6H3,(H2,23,25)(H,24,26)/t14-,15-,16?,17+,21?,22+/m1/s1. The summed E-state index contributed by atoms with van der Waals surface area (Å²) in [7, 11) is 1.53. The maximum Gasteiger partial charge on any atom is 0.408 e. The maximum absolute atomic E-state index is 12.5. The van der Waals surface area contributed by atoms with Crippen LogP contribution in [-0.4, -0.2) is 71.0 Å². The molecule has 6 atom stereocenters. The summed E-state index contributed by atoms with van der Waals surface area (Å²) in [5, 5.41) is 23.8. The Labute approximate surface area is 185 Å². The third kappa shape index (κ3) is 6.31. The summed E-state index contributed by atoms with van der Waals surface area (Å²) in [5.74, 6) is -0.696. The van der Waals surface area contributed by atoms with Gasteiger partial charge in [-0.2, -0.15) is 0 Å². The third-order valence-electron chi connectivity index (χ3n) is 6.55. The Morgan fingerprint density at radius 2 is 1.90 bits per heavy atom. The molecule has 0 radical (unpaired) electrons. The third-order valence-corrected chi connectivity index (χ3v) is 6.55. The number of ether oxygens (including phenoxy) is 3. The number of carbonyl (C=O) groups excluding carboxylic acids is 2. The van der Waals surface area contributed by atoms with Crippen molar-refractivity contribution in [3.8, 4) is 0 Å². The van der Waals surface area contributed by atoms with E-state index in [1.54, 1.807) is 6.92 Å². The lowest BCUT2D eigenvalue weighted by molar-refractivity contribution is -0.165. The van der Waals surface area contributed by atoms with Crippen molar-refractivity contribution < 1.29 is 34.0 Å². The molecule has 0 bridgehead atoms. The normalized spacial score (nSPS) is 31.2. The van der Waals surface area contributed by atoms with E-state index >= 15 is 0 Å². The summed E-state index contributed by atoms with van der Waals surface area (Å²) in [6.45, 7) is 9.38. The van der Waals surface area contributed by atoms with Gasteiger partial charge in [0.15, 0.2) is 0 Å². The minimum atomic E-state index is -1.55. The highest BCUT2D eigenvalue weighted by Crippen LogP contribution is 2.53. The van der Waals surface area contributed by atoms with Gasteiger partial charge < -0.3 is 35.5 Å². The van der Waals surface area contributed by atoms with Crippen LogP contribution in [0.4, 0.5) is 4.79 Å². The van der Waals surface area contributed by atoms with Crippen LogP contribution in [0.25, 0.3) is 0 Å². The van der Waals surface area contributed by atoms with Gasteiger partial charge in [-0.3, -0.25) is 4.79 Å². The van der Waals surface area contributed by atoms with Gasteiger partial charge in [0.2, 0.25) is 5.91 Å². The van der Waals surface area contributed by atoms with E-state index in [9.17, 15) is 19.8 Å². The Morgan fingerprint density at radius 3 is 2.35 bits per heavy atom. The quantitative estimate of drug-likeness (QED) is 0.374. The fraction of sp³-hybridized carbons (Fsp3) is 0.909. The van der Waals surface area contributed by atoms with Crippen LogP contribution in [0.1, 0.15) is 66.7 Å². The van der Waals surface area contributed by atoms with Gasteiger partial charge in [-0.15, -0.1) is 0 Å². The molecule has 2 rings (SSSR count). The Hall–Kier alpha value is -1.42. The number of aliphatic hydroxyl groups is 2. The number of rotatable bonds is 10. The number of primary amides is 1. The summed E-state index contributed by atoms with van der Waals surface area (Å²) < 4.78 is 17.1. The largest absolute Gasteiger partial charge is 0.443 e. The van der Waals surface area contributed by atoms with Gasteiger partial charge in [0.25, 0.3) is 0 Å². The molecule has 0 aromatic rings. The van der Waals surface area contributed by atoms with E-state index < -0.39 is 47.1 Å². The molecular weight excluding hydrogens is 404 g/mol. The van der Waals surface area contributed by atoms with E-state index in [0.29, 0.717) is 31.8 Å². The molecule has 0 aromatic heterocycles. The number of alkyl carbamates (subject to hydrolysis) is 1. The van der Waals surface area contributed by atoms with Crippen LogP contribution < -0.4 is 11.1 Å². The highest BCUT2D eigenvalue weighted by Gasteiger charge is 2.64. The monoisotopic (exact) mass is 444 g/mol.